The van der Waals surface area contributed by atoms with Gasteiger partial charge in [-0.15, -0.1) is 0 Å². The van der Waals surface area contributed by atoms with Gasteiger partial charge in [0.05, 0.1) is 13.7 Å². The van der Waals surface area contributed by atoms with Gasteiger partial charge in [-0.2, -0.15) is 0 Å². The Hall–Kier alpha value is -2.08. The second-order valence-corrected chi connectivity index (χ2v) is 4.83. The van der Waals surface area contributed by atoms with Crippen LogP contribution < -0.4 is 0 Å². The first-order valence-electron chi connectivity index (χ1n) is 6.26. The van der Waals surface area contributed by atoms with Crippen LogP contribution in [0, 0.1) is 5.41 Å². The van der Waals surface area contributed by atoms with Crippen molar-refractivity contribution in [3.05, 3.63) is 35.9 Å². The Balaban J connectivity index is 1.83. The number of aliphatic hydroxyl groups is 1. The van der Waals surface area contributed by atoms with Crippen LogP contribution >= 0.6 is 0 Å². The first-order valence-corrected chi connectivity index (χ1v) is 6.26. The minimum Gasteiger partial charge on any atom is -0.468 e. The molecule has 108 valence electrons. The molecular weight excluding hydrogens is 262 g/mol. The lowest BCUT2D eigenvalue weighted by Crippen LogP contribution is -2.64. The van der Waals surface area contributed by atoms with E-state index in [1.54, 1.807) is 0 Å². The summed E-state index contributed by atoms with van der Waals surface area (Å²) in [6, 6.07) is 9.32. The minimum absolute atomic E-state index is 0.115. The number of nitrogens with zero attached hydrogens (tertiary/aromatic N) is 1. The number of carbonyl (C=O) groups excluding carboxylic acids is 2. The maximum absolute atomic E-state index is 11.8. The van der Waals surface area contributed by atoms with E-state index >= 15 is 0 Å². The van der Waals surface area contributed by atoms with E-state index in [4.69, 9.17) is 4.74 Å². The van der Waals surface area contributed by atoms with Crippen LogP contribution in [0.2, 0.25) is 0 Å². The van der Waals surface area contributed by atoms with Crippen molar-refractivity contribution in [2.24, 2.45) is 5.41 Å². The SMILES string of the molecule is COC(=O)C1(CO)CN(C(=O)OCc2ccccc2)C1. The highest BCUT2D eigenvalue weighted by molar-refractivity contribution is 5.82. The molecule has 6 nitrogen and oxygen atoms in total. The van der Waals surface area contributed by atoms with E-state index in [0.717, 1.165) is 5.56 Å². The number of methoxy groups -OCH3 is 1. The average Bonchev–Trinajstić information content (AvgIpc) is 2.45. The maximum Gasteiger partial charge on any atom is 0.410 e. The Kier molecular flexibility index (Phi) is 4.24. The molecule has 1 heterocycles. The van der Waals surface area contributed by atoms with E-state index in [-0.39, 0.29) is 26.3 Å². The van der Waals surface area contributed by atoms with Gasteiger partial charge in [0.1, 0.15) is 12.0 Å². The second-order valence-electron chi connectivity index (χ2n) is 4.83. The first-order chi connectivity index (χ1) is 9.61. The Morgan fingerprint density at radius 3 is 2.50 bits per heavy atom. The fourth-order valence-corrected chi connectivity index (χ4v) is 2.13. The quantitative estimate of drug-likeness (QED) is 0.825. The van der Waals surface area contributed by atoms with E-state index in [1.165, 1.54) is 12.0 Å². The molecule has 0 radical (unpaired) electrons. The van der Waals surface area contributed by atoms with Gasteiger partial charge in [0.2, 0.25) is 0 Å². The second kappa shape index (κ2) is 5.92. The van der Waals surface area contributed by atoms with Crippen molar-refractivity contribution >= 4 is 12.1 Å². The van der Waals surface area contributed by atoms with Crippen LogP contribution in [0.3, 0.4) is 0 Å². The minimum atomic E-state index is -0.999. The van der Waals surface area contributed by atoms with Crippen molar-refractivity contribution in [1.29, 1.82) is 0 Å². The van der Waals surface area contributed by atoms with Gasteiger partial charge in [0, 0.05) is 13.1 Å². The van der Waals surface area contributed by atoms with Crippen LogP contribution in [0.5, 0.6) is 0 Å². The van der Waals surface area contributed by atoms with E-state index in [1.807, 2.05) is 30.3 Å². The molecule has 0 spiro atoms. The number of carbonyl (C=O) groups is 2. The van der Waals surface area contributed by atoms with Crippen molar-refractivity contribution < 1.29 is 24.2 Å². The van der Waals surface area contributed by atoms with Gasteiger partial charge in [0.15, 0.2) is 0 Å². The predicted octanol–water partition coefficient (Wildman–Crippen LogP) is 0.790. The highest BCUT2D eigenvalue weighted by atomic mass is 16.6. The van der Waals surface area contributed by atoms with Gasteiger partial charge in [0.25, 0.3) is 0 Å². The smallest absolute Gasteiger partial charge is 0.410 e. The average molecular weight is 279 g/mol. The van der Waals surface area contributed by atoms with Gasteiger partial charge in [-0.1, -0.05) is 30.3 Å². The number of likely N-dealkylation sites (tertiary alicyclic amines) is 1. The lowest BCUT2D eigenvalue weighted by Gasteiger charge is -2.45. The van der Waals surface area contributed by atoms with Crippen molar-refractivity contribution in [3.8, 4) is 0 Å². The van der Waals surface area contributed by atoms with E-state index in [9.17, 15) is 14.7 Å². The van der Waals surface area contributed by atoms with Crippen molar-refractivity contribution in [3.63, 3.8) is 0 Å². The third kappa shape index (κ3) is 2.75. The maximum atomic E-state index is 11.8. The third-order valence-electron chi connectivity index (χ3n) is 3.37. The zero-order valence-corrected chi connectivity index (χ0v) is 11.2. The molecule has 1 saturated heterocycles. The molecular formula is C14H17NO5. The summed E-state index contributed by atoms with van der Waals surface area (Å²) in [5, 5.41) is 9.27. The molecule has 1 aromatic rings. The van der Waals surface area contributed by atoms with Crippen LogP contribution in [-0.4, -0.2) is 48.9 Å². The van der Waals surface area contributed by atoms with Crippen LogP contribution in [0.4, 0.5) is 4.79 Å². The number of aliphatic hydroxyl groups excluding tert-OH is 1. The summed E-state index contributed by atoms with van der Waals surface area (Å²) in [7, 11) is 1.26. The summed E-state index contributed by atoms with van der Waals surface area (Å²) in [6.45, 7) is 0.0657. The highest BCUT2D eigenvalue weighted by Crippen LogP contribution is 2.31. The molecule has 1 aromatic carbocycles. The zero-order chi connectivity index (χ0) is 14.6. The predicted molar refractivity (Wildman–Crippen MR) is 69.7 cm³/mol. The van der Waals surface area contributed by atoms with Gasteiger partial charge >= 0.3 is 12.1 Å². The monoisotopic (exact) mass is 279 g/mol. The molecule has 1 aliphatic rings. The molecule has 1 fully saturated rings. The third-order valence-corrected chi connectivity index (χ3v) is 3.37. The molecule has 20 heavy (non-hydrogen) atoms. The fraction of sp³-hybridized carbons (Fsp3) is 0.429. The molecule has 1 amide bonds. The van der Waals surface area contributed by atoms with Crippen LogP contribution in [0.1, 0.15) is 5.56 Å². The summed E-state index contributed by atoms with van der Waals surface area (Å²) in [5.74, 6) is -0.507. The topological polar surface area (TPSA) is 76.1 Å². The molecule has 1 aliphatic heterocycles. The number of benzene rings is 1. The number of amides is 1. The summed E-state index contributed by atoms with van der Waals surface area (Å²) in [4.78, 5) is 24.7. The Morgan fingerprint density at radius 1 is 1.30 bits per heavy atom. The number of ether oxygens (including phenoxy) is 2. The van der Waals surface area contributed by atoms with Crippen molar-refractivity contribution in [1.82, 2.24) is 4.90 Å². The largest absolute Gasteiger partial charge is 0.468 e. The Morgan fingerprint density at radius 2 is 1.95 bits per heavy atom. The molecule has 0 saturated carbocycles. The van der Waals surface area contributed by atoms with Gasteiger partial charge in [-0.3, -0.25) is 4.79 Å². The summed E-state index contributed by atoms with van der Waals surface area (Å²) in [6.07, 6.45) is -0.498. The number of hydrogen-bond acceptors (Lipinski definition) is 5. The van der Waals surface area contributed by atoms with Crippen molar-refractivity contribution in [2.45, 2.75) is 6.61 Å². The lowest BCUT2D eigenvalue weighted by atomic mass is 9.81. The molecule has 0 aromatic heterocycles. The number of rotatable bonds is 4. The Bertz CT molecular complexity index is 482. The number of esters is 1. The molecule has 0 aliphatic carbocycles. The molecule has 0 unspecified atom stereocenters. The zero-order valence-electron chi connectivity index (χ0n) is 11.2. The van der Waals surface area contributed by atoms with E-state index in [2.05, 4.69) is 4.74 Å². The first kappa shape index (κ1) is 14.3. The summed E-state index contributed by atoms with van der Waals surface area (Å²) < 4.78 is 9.76. The molecule has 2 rings (SSSR count). The lowest BCUT2D eigenvalue weighted by molar-refractivity contribution is -0.166. The normalized spacial score (nSPS) is 16.2. The van der Waals surface area contributed by atoms with Crippen LogP contribution in [0.15, 0.2) is 30.3 Å². The van der Waals surface area contributed by atoms with Crippen LogP contribution in [0.25, 0.3) is 0 Å². The molecule has 0 atom stereocenters. The van der Waals surface area contributed by atoms with E-state index < -0.39 is 17.5 Å². The summed E-state index contributed by atoms with van der Waals surface area (Å²) in [5.41, 5.74) is -0.108. The molecule has 0 bridgehead atoms. The standard InChI is InChI=1S/C14H17NO5/c1-19-12(17)14(10-16)8-15(9-14)13(18)20-7-11-5-3-2-4-6-11/h2-6,16H,7-10H2,1H3. The number of hydrogen-bond donors (Lipinski definition) is 1. The highest BCUT2D eigenvalue weighted by Gasteiger charge is 2.52. The van der Waals surface area contributed by atoms with Crippen LogP contribution in [-0.2, 0) is 20.9 Å². The molecule has 6 heteroatoms. The van der Waals surface area contributed by atoms with E-state index in [0.29, 0.717) is 0 Å². The van der Waals surface area contributed by atoms with Gasteiger partial charge in [-0.25, -0.2) is 4.79 Å². The van der Waals surface area contributed by atoms with Gasteiger partial charge < -0.3 is 19.5 Å². The Labute approximate surface area is 116 Å². The summed E-state index contributed by atoms with van der Waals surface area (Å²) >= 11 is 0. The van der Waals surface area contributed by atoms with Gasteiger partial charge in [-0.05, 0) is 5.56 Å². The fourth-order valence-electron chi connectivity index (χ4n) is 2.13. The molecule has 1 N–H and O–H groups in total. The van der Waals surface area contributed by atoms with Crippen molar-refractivity contribution in [2.75, 3.05) is 26.8 Å².